The number of aromatic nitrogens is 1. The number of methoxy groups -OCH3 is 1. The molecule has 0 radical (unpaired) electrons. The Bertz CT molecular complexity index is 1540. The van der Waals surface area contributed by atoms with Gasteiger partial charge in [0, 0.05) is 49.4 Å². The zero-order valence-electron chi connectivity index (χ0n) is 22.0. The van der Waals surface area contributed by atoms with E-state index in [0.717, 1.165) is 28.4 Å². The molecule has 1 N–H and O–H groups in total. The molecule has 13 heteroatoms. The van der Waals surface area contributed by atoms with Crippen molar-refractivity contribution in [2.24, 2.45) is 0 Å². The Morgan fingerprint density at radius 1 is 1.03 bits per heavy atom. The quantitative estimate of drug-likeness (QED) is 0.356. The van der Waals surface area contributed by atoms with Gasteiger partial charge >= 0.3 is 5.97 Å². The van der Waals surface area contributed by atoms with E-state index in [0.29, 0.717) is 12.4 Å². The molecule has 1 aliphatic rings. The van der Waals surface area contributed by atoms with E-state index >= 15 is 0 Å². The van der Waals surface area contributed by atoms with Gasteiger partial charge in [0.05, 0.1) is 23.8 Å². The molecule has 0 bridgehead atoms. The minimum Gasteiger partial charge on any atom is -0.489 e. The molecule has 1 aromatic heterocycles. The molecule has 0 aliphatic carbocycles. The highest BCUT2D eigenvalue weighted by atomic mass is 32.2. The molecule has 210 valence electrons. The number of nitrogens with one attached hydrogen (secondary N) is 1. The van der Waals surface area contributed by atoms with Gasteiger partial charge in [0.25, 0.3) is 0 Å². The lowest BCUT2D eigenvalue weighted by Crippen LogP contribution is -2.56. The fourth-order valence-electron chi connectivity index (χ4n) is 4.51. The van der Waals surface area contributed by atoms with E-state index < -0.39 is 32.1 Å². The van der Waals surface area contributed by atoms with Gasteiger partial charge < -0.3 is 9.47 Å². The van der Waals surface area contributed by atoms with Crippen LogP contribution in [-0.4, -0.2) is 89.1 Å². The molecule has 1 unspecified atom stereocenters. The van der Waals surface area contributed by atoms with Crippen molar-refractivity contribution in [3.8, 4) is 5.75 Å². The van der Waals surface area contributed by atoms with Crippen LogP contribution in [0.4, 0.5) is 0 Å². The van der Waals surface area contributed by atoms with Crippen molar-refractivity contribution in [1.82, 2.24) is 18.9 Å². The maximum atomic E-state index is 13.0. The average Bonchev–Trinajstić information content (AvgIpc) is 2.91. The maximum Gasteiger partial charge on any atom is 0.324 e. The van der Waals surface area contributed by atoms with Crippen molar-refractivity contribution >= 4 is 36.9 Å². The van der Waals surface area contributed by atoms with Crippen molar-refractivity contribution in [1.29, 1.82) is 0 Å². The highest BCUT2D eigenvalue weighted by Gasteiger charge is 2.33. The van der Waals surface area contributed by atoms with E-state index in [-0.39, 0.29) is 37.6 Å². The summed E-state index contributed by atoms with van der Waals surface area (Å²) in [5.41, 5.74) is 2.73. The van der Waals surface area contributed by atoms with Crippen LogP contribution in [0, 0.1) is 6.92 Å². The van der Waals surface area contributed by atoms with Crippen LogP contribution in [0.15, 0.2) is 59.5 Å². The van der Waals surface area contributed by atoms with Crippen LogP contribution in [0.1, 0.15) is 11.3 Å². The number of hydrogen-bond acceptors (Lipinski definition) is 9. The standard InChI is InChI=1S/C26H32N4O7S2/c1-19-16-20(23-6-4-5-7-24(23)28-19)18-37-21-8-10-22(11-9-21)39(34,35)27-17-25(26(31)36-2)29-12-14-30(15-13-29)38(3,32)33/h4-11,16,25,27H,12-15,17-18H2,1-3H3. The zero-order valence-corrected chi connectivity index (χ0v) is 23.7. The second-order valence-corrected chi connectivity index (χ2v) is 13.0. The van der Waals surface area contributed by atoms with Gasteiger partial charge in [-0.1, -0.05) is 18.2 Å². The summed E-state index contributed by atoms with van der Waals surface area (Å²) in [6.45, 7) is 2.94. The van der Waals surface area contributed by atoms with Gasteiger partial charge in [-0.2, -0.15) is 4.31 Å². The lowest BCUT2D eigenvalue weighted by atomic mass is 10.1. The molecular formula is C26H32N4O7S2. The van der Waals surface area contributed by atoms with E-state index in [1.54, 1.807) is 17.0 Å². The number of piperazine rings is 1. The molecule has 1 atom stereocenters. The third-order valence-electron chi connectivity index (χ3n) is 6.58. The predicted molar refractivity (Wildman–Crippen MR) is 146 cm³/mol. The molecule has 11 nitrogen and oxygen atoms in total. The van der Waals surface area contributed by atoms with E-state index in [9.17, 15) is 21.6 Å². The van der Waals surface area contributed by atoms with Crippen molar-refractivity contribution in [3.63, 3.8) is 0 Å². The minimum absolute atomic E-state index is 0.0190. The number of sulfonamides is 2. The fraction of sp³-hybridized carbons (Fsp3) is 0.385. The normalized spacial score (nSPS) is 16.2. The van der Waals surface area contributed by atoms with Gasteiger partial charge in [0.15, 0.2) is 0 Å². The molecule has 2 heterocycles. The Morgan fingerprint density at radius 3 is 2.33 bits per heavy atom. The number of hydrogen-bond donors (Lipinski definition) is 1. The van der Waals surface area contributed by atoms with Crippen LogP contribution in [0.2, 0.25) is 0 Å². The summed E-state index contributed by atoms with van der Waals surface area (Å²) in [5, 5.41) is 0.990. The van der Waals surface area contributed by atoms with E-state index in [4.69, 9.17) is 9.47 Å². The molecule has 39 heavy (non-hydrogen) atoms. The molecule has 1 fully saturated rings. The fourth-order valence-corrected chi connectivity index (χ4v) is 6.37. The summed E-state index contributed by atoms with van der Waals surface area (Å²) in [5.74, 6) is -0.100. The number of ether oxygens (including phenoxy) is 2. The van der Waals surface area contributed by atoms with Gasteiger partial charge in [-0.25, -0.2) is 21.6 Å². The molecular weight excluding hydrogens is 544 g/mol. The van der Waals surface area contributed by atoms with Crippen LogP contribution < -0.4 is 9.46 Å². The molecule has 2 aromatic carbocycles. The van der Waals surface area contributed by atoms with Crippen molar-refractivity contribution in [2.45, 2.75) is 24.5 Å². The van der Waals surface area contributed by atoms with Crippen molar-refractivity contribution < 1.29 is 31.1 Å². The smallest absolute Gasteiger partial charge is 0.324 e. The second kappa shape index (κ2) is 12.0. The number of carbonyl (C=O) groups excluding carboxylic acids is 1. The van der Waals surface area contributed by atoms with Crippen LogP contribution >= 0.6 is 0 Å². The number of carbonyl (C=O) groups is 1. The van der Waals surface area contributed by atoms with Gasteiger partial charge in [0.1, 0.15) is 18.4 Å². The number of esters is 1. The number of pyridine rings is 1. The lowest BCUT2D eigenvalue weighted by molar-refractivity contribution is -0.147. The van der Waals surface area contributed by atoms with Crippen LogP contribution in [0.3, 0.4) is 0 Å². The molecule has 0 amide bonds. The Kier molecular flexibility index (Phi) is 8.86. The summed E-state index contributed by atoms with van der Waals surface area (Å²) in [6.07, 6.45) is 1.13. The third-order valence-corrected chi connectivity index (χ3v) is 9.32. The van der Waals surface area contributed by atoms with E-state index in [1.165, 1.54) is 23.5 Å². The largest absolute Gasteiger partial charge is 0.489 e. The number of rotatable bonds is 10. The van der Waals surface area contributed by atoms with E-state index in [2.05, 4.69) is 9.71 Å². The van der Waals surface area contributed by atoms with Crippen molar-refractivity contribution in [3.05, 3.63) is 65.9 Å². The second-order valence-electron chi connectivity index (χ2n) is 9.29. The minimum atomic E-state index is -3.94. The maximum absolute atomic E-state index is 13.0. The first-order valence-electron chi connectivity index (χ1n) is 12.3. The summed E-state index contributed by atoms with van der Waals surface area (Å²) >= 11 is 0. The molecule has 0 spiro atoms. The SMILES string of the molecule is COC(=O)C(CNS(=O)(=O)c1ccc(OCc2cc(C)nc3ccccc23)cc1)N1CCN(S(C)(=O)=O)CC1. The first-order valence-corrected chi connectivity index (χ1v) is 15.7. The number of benzene rings is 2. The summed E-state index contributed by atoms with van der Waals surface area (Å²) in [6, 6.07) is 14.9. The molecule has 1 saturated heterocycles. The molecule has 3 aromatic rings. The monoisotopic (exact) mass is 576 g/mol. The van der Waals surface area contributed by atoms with E-state index in [1.807, 2.05) is 37.3 Å². The Hall–Kier alpha value is -3.10. The van der Waals surface area contributed by atoms with Crippen LogP contribution in [0.5, 0.6) is 5.75 Å². The summed E-state index contributed by atoms with van der Waals surface area (Å²) in [7, 11) is -6.06. The van der Waals surface area contributed by atoms with Gasteiger partial charge in [0.2, 0.25) is 20.0 Å². The predicted octanol–water partition coefficient (Wildman–Crippen LogP) is 1.52. The van der Waals surface area contributed by atoms with Gasteiger partial charge in [-0.05, 0) is 43.3 Å². The Morgan fingerprint density at radius 2 is 1.69 bits per heavy atom. The topological polar surface area (TPSA) is 135 Å². The highest BCUT2D eigenvalue weighted by Crippen LogP contribution is 2.22. The number of fused-ring (bicyclic) bond motifs is 1. The molecule has 1 aliphatic heterocycles. The number of nitrogens with zero attached hydrogens (tertiary/aromatic N) is 3. The average molecular weight is 577 g/mol. The number of aryl methyl sites for hydroxylation is 1. The number of para-hydroxylation sites is 1. The van der Waals surface area contributed by atoms with Gasteiger partial charge in [-0.3, -0.25) is 14.7 Å². The van der Waals surface area contributed by atoms with Crippen LogP contribution in [0.25, 0.3) is 10.9 Å². The zero-order chi connectivity index (χ0) is 28.2. The first-order chi connectivity index (χ1) is 18.5. The summed E-state index contributed by atoms with van der Waals surface area (Å²) < 4.78 is 64.1. The Labute approximate surface area is 228 Å². The first kappa shape index (κ1) is 28.9. The lowest BCUT2D eigenvalue weighted by Gasteiger charge is -2.36. The van der Waals surface area contributed by atoms with Crippen LogP contribution in [-0.2, 0) is 36.2 Å². The van der Waals surface area contributed by atoms with Crippen molar-refractivity contribution in [2.75, 3.05) is 46.1 Å². The molecule has 0 saturated carbocycles. The highest BCUT2D eigenvalue weighted by molar-refractivity contribution is 7.89. The molecule has 4 rings (SSSR count). The third kappa shape index (κ3) is 7.11. The summed E-state index contributed by atoms with van der Waals surface area (Å²) in [4.78, 5) is 18.7. The van der Waals surface area contributed by atoms with Gasteiger partial charge in [-0.15, -0.1) is 0 Å². The Balaban J connectivity index is 1.39.